The monoisotopic (exact) mass is 330 g/mol. The molecule has 2 aliphatic heterocycles. The van der Waals surface area contributed by atoms with Gasteiger partial charge in [-0.05, 0) is 43.5 Å². The molecule has 0 saturated carbocycles. The number of nitrogens with zero attached hydrogens (tertiary/aromatic N) is 2. The number of amides is 2. The molecule has 0 bridgehead atoms. The lowest BCUT2D eigenvalue weighted by atomic mass is 9.96. The summed E-state index contributed by atoms with van der Waals surface area (Å²) < 4.78 is 5.05. The van der Waals surface area contributed by atoms with Crippen molar-refractivity contribution >= 4 is 23.5 Å². The van der Waals surface area contributed by atoms with Gasteiger partial charge in [0.1, 0.15) is 0 Å². The van der Waals surface area contributed by atoms with Crippen LogP contribution >= 0.6 is 0 Å². The van der Waals surface area contributed by atoms with E-state index >= 15 is 0 Å². The quantitative estimate of drug-likeness (QED) is 0.790. The van der Waals surface area contributed by atoms with Crippen LogP contribution in [-0.4, -0.2) is 49.4 Å². The van der Waals surface area contributed by atoms with Crippen molar-refractivity contribution in [3.63, 3.8) is 0 Å². The van der Waals surface area contributed by atoms with Gasteiger partial charge in [-0.1, -0.05) is 0 Å². The summed E-state index contributed by atoms with van der Waals surface area (Å²) in [5, 5.41) is 0. The molecular weight excluding hydrogens is 308 g/mol. The second kappa shape index (κ2) is 6.63. The van der Waals surface area contributed by atoms with E-state index < -0.39 is 0 Å². The minimum atomic E-state index is -0.163. The summed E-state index contributed by atoms with van der Waals surface area (Å²) in [5.74, 6) is -0.268. The smallest absolute Gasteiger partial charge is 0.309 e. The Balaban J connectivity index is 1.65. The molecule has 0 N–H and O–H groups in total. The molecule has 0 spiro atoms. The van der Waals surface area contributed by atoms with Gasteiger partial charge in [0, 0.05) is 31.4 Å². The summed E-state index contributed by atoms with van der Waals surface area (Å²) in [4.78, 5) is 39.6. The third-order valence-electron chi connectivity index (χ3n) is 4.81. The fraction of sp³-hybridized carbons (Fsp3) is 0.500. The number of esters is 1. The molecule has 0 radical (unpaired) electrons. The van der Waals surface area contributed by atoms with Gasteiger partial charge >= 0.3 is 5.97 Å². The van der Waals surface area contributed by atoms with E-state index in [-0.39, 0.29) is 23.7 Å². The summed E-state index contributed by atoms with van der Waals surface area (Å²) in [6.07, 6.45) is 1.62. The van der Waals surface area contributed by atoms with Gasteiger partial charge in [0.15, 0.2) is 0 Å². The summed E-state index contributed by atoms with van der Waals surface area (Å²) in [5.41, 5.74) is 2.37. The molecule has 1 fully saturated rings. The van der Waals surface area contributed by atoms with Crippen LogP contribution in [0.2, 0.25) is 0 Å². The summed E-state index contributed by atoms with van der Waals surface area (Å²) >= 11 is 0. The van der Waals surface area contributed by atoms with Crippen molar-refractivity contribution in [1.29, 1.82) is 0 Å². The molecule has 3 rings (SSSR count). The number of carbonyl (C=O) groups excluding carboxylic acids is 3. The maximum absolute atomic E-state index is 12.7. The maximum Gasteiger partial charge on any atom is 0.309 e. The Hall–Kier alpha value is -2.37. The molecule has 24 heavy (non-hydrogen) atoms. The van der Waals surface area contributed by atoms with Crippen molar-refractivity contribution in [3.8, 4) is 0 Å². The van der Waals surface area contributed by atoms with E-state index in [0.29, 0.717) is 44.5 Å². The van der Waals surface area contributed by atoms with Gasteiger partial charge in [0.05, 0.1) is 18.9 Å². The highest BCUT2D eigenvalue weighted by atomic mass is 16.5. The SMILES string of the molecule is CCOC(=O)C1CCN(C(=O)c2ccc3c(c2)CC(=O)N3C)CC1. The van der Waals surface area contributed by atoms with Gasteiger partial charge < -0.3 is 14.5 Å². The number of piperidine rings is 1. The molecule has 1 aromatic carbocycles. The van der Waals surface area contributed by atoms with Crippen molar-refractivity contribution < 1.29 is 19.1 Å². The number of carbonyl (C=O) groups is 3. The minimum absolute atomic E-state index is 0.0397. The molecular formula is C18H22N2O4. The number of benzene rings is 1. The van der Waals surface area contributed by atoms with Crippen LogP contribution in [0.25, 0.3) is 0 Å². The number of likely N-dealkylation sites (N-methyl/N-ethyl adjacent to an activating group) is 1. The average molecular weight is 330 g/mol. The predicted octanol–water partition coefficient (Wildman–Crippen LogP) is 1.62. The third kappa shape index (κ3) is 3.00. The zero-order valence-corrected chi connectivity index (χ0v) is 14.1. The van der Waals surface area contributed by atoms with Crippen LogP contribution in [0.1, 0.15) is 35.7 Å². The Kier molecular flexibility index (Phi) is 4.55. The van der Waals surface area contributed by atoms with Gasteiger partial charge in [0.2, 0.25) is 5.91 Å². The summed E-state index contributed by atoms with van der Waals surface area (Å²) in [6.45, 7) is 3.29. The van der Waals surface area contributed by atoms with Gasteiger partial charge in [-0.3, -0.25) is 14.4 Å². The van der Waals surface area contributed by atoms with Crippen molar-refractivity contribution in [2.24, 2.45) is 5.92 Å². The Morgan fingerprint density at radius 2 is 1.96 bits per heavy atom. The largest absolute Gasteiger partial charge is 0.466 e. The first-order valence-electron chi connectivity index (χ1n) is 8.36. The van der Waals surface area contributed by atoms with Crippen LogP contribution in [-0.2, 0) is 20.7 Å². The molecule has 2 amide bonds. The van der Waals surface area contributed by atoms with Gasteiger partial charge in [0.25, 0.3) is 5.91 Å². The van der Waals surface area contributed by atoms with Crippen LogP contribution in [0.15, 0.2) is 18.2 Å². The highest BCUT2D eigenvalue weighted by molar-refractivity contribution is 6.03. The van der Waals surface area contributed by atoms with Crippen molar-refractivity contribution in [1.82, 2.24) is 4.90 Å². The normalized spacial score (nSPS) is 17.8. The van der Waals surface area contributed by atoms with E-state index in [1.807, 2.05) is 12.1 Å². The number of anilines is 1. The minimum Gasteiger partial charge on any atom is -0.466 e. The van der Waals surface area contributed by atoms with E-state index in [0.717, 1.165) is 11.3 Å². The lowest BCUT2D eigenvalue weighted by Crippen LogP contribution is -2.40. The molecule has 0 unspecified atom stereocenters. The Labute approximate surface area is 141 Å². The Morgan fingerprint density at radius 1 is 1.25 bits per heavy atom. The van der Waals surface area contributed by atoms with E-state index in [9.17, 15) is 14.4 Å². The van der Waals surface area contributed by atoms with Crippen LogP contribution in [0.4, 0.5) is 5.69 Å². The molecule has 0 atom stereocenters. The number of ether oxygens (including phenoxy) is 1. The second-order valence-corrected chi connectivity index (χ2v) is 6.29. The lowest BCUT2D eigenvalue weighted by molar-refractivity contribution is -0.149. The predicted molar refractivity (Wildman–Crippen MR) is 88.8 cm³/mol. The molecule has 6 heteroatoms. The van der Waals surface area contributed by atoms with Crippen LogP contribution in [0.3, 0.4) is 0 Å². The van der Waals surface area contributed by atoms with Crippen LogP contribution in [0, 0.1) is 5.92 Å². The zero-order valence-electron chi connectivity index (χ0n) is 14.1. The Bertz CT molecular complexity index is 678. The van der Waals surface area contributed by atoms with Gasteiger partial charge in [-0.15, -0.1) is 0 Å². The van der Waals surface area contributed by atoms with Gasteiger partial charge in [-0.25, -0.2) is 0 Å². The number of hydrogen-bond donors (Lipinski definition) is 0. The highest BCUT2D eigenvalue weighted by Crippen LogP contribution is 2.29. The van der Waals surface area contributed by atoms with E-state index in [2.05, 4.69) is 0 Å². The third-order valence-corrected chi connectivity index (χ3v) is 4.81. The maximum atomic E-state index is 12.7. The standard InChI is InChI=1S/C18H22N2O4/c1-3-24-18(23)12-6-8-20(9-7-12)17(22)13-4-5-15-14(10-13)11-16(21)19(15)2/h4-5,10,12H,3,6-9,11H2,1-2H3. The fourth-order valence-corrected chi connectivity index (χ4v) is 3.36. The number of likely N-dealkylation sites (tertiary alicyclic amines) is 1. The summed E-state index contributed by atoms with van der Waals surface area (Å²) in [7, 11) is 1.75. The van der Waals surface area contributed by atoms with Crippen molar-refractivity contribution in [2.45, 2.75) is 26.2 Å². The number of hydrogen-bond acceptors (Lipinski definition) is 4. The van der Waals surface area contributed by atoms with Crippen molar-refractivity contribution in [3.05, 3.63) is 29.3 Å². The molecule has 6 nitrogen and oxygen atoms in total. The van der Waals surface area contributed by atoms with Crippen molar-refractivity contribution in [2.75, 3.05) is 31.6 Å². The lowest BCUT2D eigenvalue weighted by Gasteiger charge is -2.31. The fourth-order valence-electron chi connectivity index (χ4n) is 3.36. The molecule has 1 aromatic rings. The number of rotatable bonds is 3. The second-order valence-electron chi connectivity index (χ2n) is 6.29. The molecule has 2 heterocycles. The molecule has 0 aliphatic carbocycles. The zero-order chi connectivity index (χ0) is 17.3. The van der Waals surface area contributed by atoms with E-state index in [4.69, 9.17) is 4.74 Å². The summed E-state index contributed by atoms with van der Waals surface area (Å²) in [6, 6.07) is 5.42. The number of fused-ring (bicyclic) bond motifs is 1. The topological polar surface area (TPSA) is 66.9 Å². The first kappa shape index (κ1) is 16.5. The van der Waals surface area contributed by atoms with Crippen LogP contribution in [0.5, 0.6) is 0 Å². The average Bonchev–Trinajstić information content (AvgIpc) is 2.88. The first-order chi connectivity index (χ1) is 11.5. The van der Waals surface area contributed by atoms with Gasteiger partial charge in [-0.2, -0.15) is 0 Å². The molecule has 1 saturated heterocycles. The first-order valence-corrected chi connectivity index (χ1v) is 8.36. The molecule has 2 aliphatic rings. The van der Waals surface area contributed by atoms with E-state index in [1.165, 1.54) is 0 Å². The molecule has 128 valence electrons. The molecule has 0 aromatic heterocycles. The Morgan fingerprint density at radius 3 is 2.62 bits per heavy atom. The van der Waals surface area contributed by atoms with E-state index in [1.54, 1.807) is 29.8 Å². The van der Waals surface area contributed by atoms with Crippen LogP contribution < -0.4 is 4.90 Å². The highest BCUT2D eigenvalue weighted by Gasteiger charge is 2.30.